The molecule has 0 aliphatic carbocycles. The highest BCUT2D eigenvalue weighted by atomic mass is 19.3. The second-order valence-corrected chi connectivity index (χ2v) is 7.64. The number of hydrogen-bond donors (Lipinski definition) is 3. The van der Waals surface area contributed by atoms with Gasteiger partial charge in [-0.05, 0) is 50.1 Å². The summed E-state index contributed by atoms with van der Waals surface area (Å²) in [7, 11) is 1.73. The second-order valence-electron chi connectivity index (χ2n) is 7.64. The predicted molar refractivity (Wildman–Crippen MR) is 121 cm³/mol. The molecule has 0 spiro atoms. The average molecular weight is 419 g/mol. The van der Waals surface area contributed by atoms with E-state index in [0.29, 0.717) is 29.9 Å². The molecule has 0 aromatic heterocycles. The molecule has 2 atom stereocenters. The molecule has 1 aliphatic rings. The van der Waals surface area contributed by atoms with Crippen molar-refractivity contribution in [1.82, 2.24) is 4.90 Å². The summed E-state index contributed by atoms with van der Waals surface area (Å²) in [6.45, 7) is 4.16. The molecule has 0 amide bonds. The Morgan fingerprint density at radius 1 is 1.40 bits per heavy atom. The van der Waals surface area contributed by atoms with Crippen LogP contribution in [-0.2, 0) is 0 Å². The zero-order valence-corrected chi connectivity index (χ0v) is 17.9. The van der Waals surface area contributed by atoms with Gasteiger partial charge in [-0.15, -0.1) is 0 Å². The number of benzene rings is 1. The maximum absolute atomic E-state index is 13.8. The SMILES string of the molecule is CCC(C=NC)c1ccc(N)c(C(=N)/C(=C/C(C)N2CCCC(F)(F)C2)N=CN)c1. The highest BCUT2D eigenvalue weighted by Crippen LogP contribution is 2.29. The summed E-state index contributed by atoms with van der Waals surface area (Å²) in [5.41, 5.74) is 14.0. The Labute approximate surface area is 177 Å². The maximum Gasteiger partial charge on any atom is 0.260 e. The Morgan fingerprint density at radius 2 is 2.13 bits per heavy atom. The van der Waals surface area contributed by atoms with Gasteiger partial charge in [-0.2, -0.15) is 0 Å². The first kappa shape index (κ1) is 23.7. The minimum Gasteiger partial charge on any atom is -0.398 e. The van der Waals surface area contributed by atoms with Gasteiger partial charge in [0, 0.05) is 42.9 Å². The molecule has 1 saturated heterocycles. The van der Waals surface area contributed by atoms with Crippen LogP contribution in [0.25, 0.3) is 0 Å². The molecule has 2 unspecified atom stereocenters. The lowest BCUT2D eigenvalue weighted by atomic mass is 9.93. The third-order valence-corrected chi connectivity index (χ3v) is 5.41. The smallest absolute Gasteiger partial charge is 0.260 e. The van der Waals surface area contributed by atoms with Gasteiger partial charge in [-0.25, -0.2) is 13.8 Å². The van der Waals surface area contributed by atoms with Crippen molar-refractivity contribution in [2.24, 2.45) is 15.7 Å². The fourth-order valence-electron chi connectivity index (χ4n) is 3.71. The van der Waals surface area contributed by atoms with E-state index in [2.05, 4.69) is 16.9 Å². The van der Waals surface area contributed by atoms with Crippen molar-refractivity contribution >= 4 is 24.0 Å². The molecule has 1 aliphatic heterocycles. The second kappa shape index (κ2) is 10.4. The monoisotopic (exact) mass is 418 g/mol. The molecule has 0 radical (unpaired) electrons. The molecule has 6 nitrogen and oxygen atoms in total. The van der Waals surface area contributed by atoms with E-state index in [-0.39, 0.29) is 30.6 Å². The Morgan fingerprint density at radius 3 is 2.73 bits per heavy atom. The number of piperidine rings is 1. The number of hydrogen-bond acceptors (Lipinski definition) is 5. The third kappa shape index (κ3) is 5.95. The first-order chi connectivity index (χ1) is 14.2. The molecular formula is C22H32F2N6. The van der Waals surface area contributed by atoms with Crippen LogP contribution in [0.3, 0.4) is 0 Å². The van der Waals surface area contributed by atoms with Gasteiger partial charge in [-0.1, -0.05) is 13.0 Å². The number of nitrogens with one attached hydrogen (secondary N) is 1. The molecule has 1 heterocycles. The predicted octanol–water partition coefficient (Wildman–Crippen LogP) is 3.82. The number of aliphatic imine (C=N–C) groups is 2. The Bertz CT molecular complexity index is 831. The summed E-state index contributed by atoms with van der Waals surface area (Å²) in [6.07, 6.45) is 5.88. The summed E-state index contributed by atoms with van der Waals surface area (Å²) >= 11 is 0. The third-order valence-electron chi connectivity index (χ3n) is 5.41. The molecule has 8 heteroatoms. The van der Waals surface area contributed by atoms with E-state index < -0.39 is 5.92 Å². The zero-order valence-electron chi connectivity index (χ0n) is 17.9. The molecular weight excluding hydrogens is 386 g/mol. The number of nitrogen functional groups attached to an aromatic ring is 1. The van der Waals surface area contributed by atoms with Gasteiger partial charge < -0.3 is 16.5 Å². The Hall–Kier alpha value is -2.61. The van der Waals surface area contributed by atoms with Gasteiger partial charge in [0.15, 0.2) is 0 Å². The van der Waals surface area contributed by atoms with Gasteiger partial charge in [0.1, 0.15) is 0 Å². The van der Waals surface area contributed by atoms with Crippen LogP contribution in [0.2, 0.25) is 0 Å². The minimum atomic E-state index is -2.69. The molecule has 30 heavy (non-hydrogen) atoms. The molecule has 1 aromatic rings. The van der Waals surface area contributed by atoms with E-state index in [9.17, 15) is 8.78 Å². The largest absolute Gasteiger partial charge is 0.398 e. The first-order valence-electron chi connectivity index (χ1n) is 10.2. The lowest BCUT2D eigenvalue weighted by Gasteiger charge is -2.35. The number of allylic oxidation sites excluding steroid dienone is 1. The van der Waals surface area contributed by atoms with Crippen LogP contribution in [0.15, 0.2) is 40.0 Å². The average Bonchev–Trinajstić information content (AvgIpc) is 2.71. The van der Waals surface area contributed by atoms with Crippen LogP contribution in [0.4, 0.5) is 14.5 Å². The van der Waals surface area contributed by atoms with Crippen LogP contribution < -0.4 is 11.5 Å². The number of nitrogens with zero attached hydrogens (tertiary/aromatic N) is 3. The summed E-state index contributed by atoms with van der Waals surface area (Å²) < 4.78 is 27.6. The van der Waals surface area contributed by atoms with Crippen molar-refractivity contribution < 1.29 is 8.78 Å². The fourth-order valence-corrected chi connectivity index (χ4v) is 3.71. The lowest BCUT2D eigenvalue weighted by Crippen LogP contribution is -2.46. The van der Waals surface area contributed by atoms with Crippen molar-refractivity contribution in [1.29, 1.82) is 5.41 Å². The van der Waals surface area contributed by atoms with Crippen LogP contribution in [0.1, 0.15) is 50.2 Å². The van der Waals surface area contributed by atoms with Crippen LogP contribution in [0.5, 0.6) is 0 Å². The van der Waals surface area contributed by atoms with Gasteiger partial charge in [0.05, 0.1) is 24.3 Å². The topological polar surface area (TPSA) is 104 Å². The van der Waals surface area contributed by atoms with E-state index in [1.807, 2.05) is 25.3 Å². The van der Waals surface area contributed by atoms with E-state index in [1.54, 1.807) is 24.1 Å². The summed E-state index contributed by atoms with van der Waals surface area (Å²) in [6, 6.07) is 5.24. The normalized spacial score (nSPS) is 20.0. The van der Waals surface area contributed by atoms with Crippen LogP contribution in [0, 0.1) is 5.41 Å². The van der Waals surface area contributed by atoms with Crippen LogP contribution in [-0.4, -0.2) is 55.3 Å². The van der Waals surface area contributed by atoms with Crippen LogP contribution >= 0.6 is 0 Å². The van der Waals surface area contributed by atoms with Gasteiger partial charge >= 0.3 is 0 Å². The van der Waals surface area contributed by atoms with Crippen molar-refractivity contribution in [2.45, 2.75) is 51.0 Å². The molecule has 0 bridgehead atoms. The van der Waals surface area contributed by atoms with Crippen molar-refractivity contribution in [2.75, 3.05) is 25.9 Å². The molecule has 2 rings (SSSR count). The first-order valence-corrected chi connectivity index (χ1v) is 10.2. The van der Waals surface area contributed by atoms with Crippen molar-refractivity contribution in [3.05, 3.63) is 41.1 Å². The van der Waals surface area contributed by atoms with Crippen molar-refractivity contribution in [3.63, 3.8) is 0 Å². The summed E-state index contributed by atoms with van der Waals surface area (Å²) in [5, 5.41) is 8.70. The number of nitrogens with two attached hydrogens (primary N) is 2. The number of alkyl halides is 2. The zero-order chi connectivity index (χ0) is 22.3. The number of halogens is 2. The van der Waals surface area contributed by atoms with E-state index >= 15 is 0 Å². The molecule has 1 aromatic carbocycles. The number of likely N-dealkylation sites (tertiary alicyclic amines) is 1. The Kier molecular flexibility index (Phi) is 8.23. The van der Waals surface area contributed by atoms with Crippen molar-refractivity contribution in [3.8, 4) is 0 Å². The number of anilines is 1. The molecule has 0 saturated carbocycles. The quantitative estimate of drug-likeness (QED) is 0.340. The summed E-state index contributed by atoms with van der Waals surface area (Å²) in [5.74, 6) is -2.58. The summed E-state index contributed by atoms with van der Waals surface area (Å²) in [4.78, 5) is 9.96. The van der Waals surface area contributed by atoms with E-state index in [0.717, 1.165) is 18.3 Å². The van der Waals surface area contributed by atoms with Gasteiger partial charge in [-0.3, -0.25) is 10.3 Å². The molecule has 164 valence electrons. The highest BCUT2D eigenvalue weighted by molar-refractivity contribution is 6.14. The number of rotatable bonds is 8. The minimum absolute atomic E-state index is 0.0907. The molecule has 5 N–H and O–H groups in total. The standard InChI is InChI=1S/C22H32F2N6/c1-4-16(12-28-3)17-6-7-19(26)18(11-17)21(27)20(29-14-25)10-15(2)30-9-5-8-22(23,24)13-30/h6-7,10-12,14-16,27H,4-5,8-9,13,26H2,1-3H3,(H2,25,29)/b20-10-,27-21?,28-12?. The lowest BCUT2D eigenvalue weighted by molar-refractivity contribution is -0.0689. The Balaban J connectivity index is 2.36. The fraction of sp³-hybridized carbons (Fsp3) is 0.500. The van der Waals surface area contributed by atoms with Gasteiger partial charge in [0.2, 0.25) is 0 Å². The van der Waals surface area contributed by atoms with Gasteiger partial charge in [0.25, 0.3) is 5.92 Å². The maximum atomic E-state index is 13.8. The van der Waals surface area contributed by atoms with E-state index in [4.69, 9.17) is 16.9 Å². The highest BCUT2D eigenvalue weighted by Gasteiger charge is 2.36. The molecule has 1 fully saturated rings. The van der Waals surface area contributed by atoms with E-state index in [1.165, 1.54) is 0 Å².